The molecule has 6 heteroatoms. The molecule has 3 aliphatic rings. The molecule has 2 N–H and O–H groups in total. The van der Waals surface area contributed by atoms with Crippen molar-refractivity contribution in [2.45, 2.75) is 51.6 Å². The Bertz CT molecular complexity index is 654. The van der Waals surface area contributed by atoms with Crippen molar-refractivity contribution in [1.29, 1.82) is 0 Å². The average Bonchev–Trinajstić information content (AvgIpc) is 3.05. The van der Waals surface area contributed by atoms with Gasteiger partial charge in [0.2, 0.25) is 0 Å². The Kier molecular flexibility index (Phi) is 3.43. The maximum atomic E-state index is 12.4. The lowest BCUT2D eigenvalue weighted by atomic mass is 9.71. The molecule has 0 bridgehead atoms. The predicted octanol–water partition coefficient (Wildman–Crippen LogP) is 1.69. The molecule has 2 saturated carbocycles. The highest BCUT2D eigenvalue weighted by Crippen LogP contribution is 2.49. The highest BCUT2D eigenvalue weighted by Gasteiger charge is 2.50. The third-order valence-electron chi connectivity index (χ3n) is 5.97. The zero-order valence-corrected chi connectivity index (χ0v) is 13.4. The number of nitrogens with zero attached hydrogens (tertiary/aromatic N) is 2. The molecule has 0 aromatic carbocycles. The maximum absolute atomic E-state index is 12.4. The van der Waals surface area contributed by atoms with Crippen molar-refractivity contribution in [2.75, 3.05) is 0 Å². The number of carboxylic acid groups (broad SMARTS) is 1. The van der Waals surface area contributed by atoms with Crippen LogP contribution in [0, 0.1) is 23.7 Å². The molecule has 1 aromatic rings. The fraction of sp³-hybridized carbons (Fsp3) is 0.706. The van der Waals surface area contributed by atoms with Crippen LogP contribution in [0.5, 0.6) is 0 Å². The summed E-state index contributed by atoms with van der Waals surface area (Å²) in [5.74, 6) is 1.40. The number of hydrogen-bond acceptors (Lipinski definition) is 3. The fourth-order valence-electron chi connectivity index (χ4n) is 4.53. The minimum Gasteiger partial charge on any atom is -0.481 e. The SMILES string of the molecule is CC1CCn2cc(C(=O)N[C@@H]3C[C@@H]4CC(C(=O)O)C[C@@H]43)nc2C1. The van der Waals surface area contributed by atoms with E-state index in [4.69, 9.17) is 5.11 Å². The van der Waals surface area contributed by atoms with Crippen molar-refractivity contribution in [3.8, 4) is 0 Å². The maximum Gasteiger partial charge on any atom is 0.306 e. The van der Waals surface area contributed by atoms with Crippen molar-refractivity contribution in [3.63, 3.8) is 0 Å². The van der Waals surface area contributed by atoms with E-state index in [1.807, 2.05) is 6.20 Å². The van der Waals surface area contributed by atoms with E-state index in [1.54, 1.807) is 0 Å². The Balaban J connectivity index is 1.39. The van der Waals surface area contributed by atoms with Gasteiger partial charge in [0.25, 0.3) is 5.91 Å². The van der Waals surface area contributed by atoms with Crippen molar-refractivity contribution < 1.29 is 14.7 Å². The molecule has 2 unspecified atom stereocenters. The Morgan fingerprint density at radius 2 is 2.17 bits per heavy atom. The molecular weight excluding hydrogens is 294 g/mol. The fourth-order valence-corrected chi connectivity index (χ4v) is 4.53. The number of hydrogen-bond donors (Lipinski definition) is 2. The van der Waals surface area contributed by atoms with E-state index in [0.29, 0.717) is 29.9 Å². The van der Waals surface area contributed by atoms with Crippen molar-refractivity contribution >= 4 is 11.9 Å². The Morgan fingerprint density at radius 1 is 1.35 bits per heavy atom. The number of imidazole rings is 1. The van der Waals surface area contributed by atoms with Crippen LogP contribution in [0.25, 0.3) is 0 Å². The normalized spacial score (nSPS) is 35.1. The molecule has 1 aliphatic heterocycles. The van der Waals surface area contributed by atoms with Gasteiger partial charge >= 0.3 is 5.97 Å². The van der Waals surface area contributed by atoms with E-state index in [2.05, 4.69) is 21.8 Å². The summed E-state index contributed by atoms with van der Waals surface area (Å²) in [4.78, 5) is 28.1. The molecule has 23 heavy (non-hydrogen) atoms. The van der Waals surface area contributed by atoms with E-state index in [1.165, 1.54) is 0 Å². The molecule has 6 nitrogen and oxygen atoms in total. The van der Waals surface area contributed by atoms with Crippen molar-refractivity contribution in [1.82, 2.24) is 14.9 Å². The van der Waals surface area contributed by atoms with Gasteiger partial charge in [-0.15, -0.1) is 0 Å². The summed E-state index contributed by atoms with van der Waals surface area (Å²) in [5, 5.41) is 12.2. The standard InChI is InChI=1S/C17H23N3O3/c1-9-2-3-20-8-14(18-15(20)4-9)16(21)19-13-7-10-5-11(17(22)23)6-12(10)13/h8-13H,2-7H2,1H3,(H,19,21)(H,22,23)/t9?,10-,11?,12-,13+/m0/s1. The van der Waals surface area contributed by atoms with Gasteiger partial charge < -0.3 is 15.0 Å². The summed E-state index contributed by atoms with van der Waals surface area (Å²) >= 11 is 0. The summed E-state index contributed by atoms with van der Waals surface area (Å²) < 4.78 is 2.09. The van der Waals surface area contributed by atoms with E-state index >= 15 is 0 Å². The van der Waals surface area contributed by atoms with E-state index in [0.717, 1.165) is 38.1 Å². The van der Waals surface area contributed by atoms with Crippen molar-refractivity contribution in [2.24, 2.45) is 23.7 Å². The molecule has 1 amide bonds. The molecule has 2 fully saturated rings. The molecule has 0 radical (unpaired) electrons. The molecule has 4 rings (SSSR count). The van der Waals surface area contributed by atoms with Gasteiger partial charge in [-0.2, -0.15) is 0 Å². The highest BCUT2D eigenvalue weighted by molar-refractivity contribution is 5.92. The second-order valence-corrected chi connectivity index (χ2v) is 7.58. The minimum absolute atomic E-state index is 0.109. The van der Waals surface area contributed by atoms with Crippen LogP contribution in [0.2, 0.25) is 0 Å². The molecule has 2 aliphatic carbocycles. The smallest absolute Gasteiger partial charge is 0.306 e. The van der Waals surface area contributed by atoms with Crippen LogP contribution < -0.4 is 5.32 Å². The quantitative estimate of drug-likeness (QED) is 0.888. The van der Waals surface area contributed by atoms with Gasteiger partial charge in [0.05, 0.1) is 5.92 Å². The second-order valence-electron chi connectivity index (χ2n) is 7.58. The molecular formula is C17H23N3O3. The first-order chi connectivity index (χ1) is 11.0. The number of nitrogens with one attached hydrogen (secondary N) is 1. The molecule has 124 valence electrons. The molecule has 2 heterocycles. The van der Waals surface area contributed by atoms with Gasteiger partial charge in [0.1, 0.15) is 11.5 Å². The van der Waals surface area contributed by atoms with Crippen LogP contribution in [0.15, 0.2) is 6.20 Å². The van der Waals surface area contributed by atoms with E-state index < -0.39 is 5.97 Å². The van der Waals surface area contributed by atoms with Crippen molar-refractivity contribution in [3.05, 3.63) is 17.7 Å². The monoisotopic (exact) mass is 317 g/mol. The number of amides is 1. The number of aryl methyl sites for hydroxylation is 1. The zero-order valence-electron chi connectivity index (χ0n) is 13.4. The average molecular weight is 317 g/mol. The number of fused-ring (bicyclic) bond motifs is 2. The number of rotatable bonds is 3. The first-order valence-electron chi connectivity index (χ1n) is 8.61. The summed E-state index contributed by atoms with van der Waals surface area (Å²) in [6, 6.07) is 0.120. The van der Waals surface area contributed by atoms with Gasteiger partial charge in [-0.25, -0.2) is 4.98 Å². The van der Waals surface area contributed by atoms with Gasteiger partial charge in [-0.05, 0) is 43.4 Å². The Labute approximate surface area is 135 Å². The minimum atomic E-state index is -0.694. The van der Waals surface area contributed by atoms with Crippen LogP contribution in [0.4, 0.5) is 0 Å². The Hall–Kier alpha value is -1.85. The highest BCUT2D eigenvalue weighted by atomic mass is 16.4. The summed E-state index contributed by atoms with van der Waals surface area (Å²) in [6.07, 6.45) is 6.30. The van der Waals surface area contributed by atoms with Gasteiger partial charge in [0, 0.05) is 25.2 Å². The summed E-state index contributed by atoms with van der Waals surface area (Å²) in [6.45, 7) is 3.15. The van der Waals surface area contributed by atoms with E-state index in [-0.39, 0.29) is 17.9 Å². The number of carboxylic acids is 1. The predicted molar refractivity (Wildman–Crippen MR) is 82.9 cm³/mol. The third kappa shape index (κ3) is 2.54. The van der Waals surface area contributed by atoms with Gasteiger partial charge in [0.15, 0.2) is 0 Å². The second kappa shape index (κ2) is 5.35. The lowest BCUT2D eigenvalue weighted by Crippen LogP contribution is -2.50. The first kappa shape index (κ1) is 14.7. The van der Waals surface area contributed by atoms with E-state index in [9.17, 15) is 9.59 Å². The topological polar surface area (TPSA) is 84.2 Å². The molecule has 0 spiro atoms. The lowest BCUT2D eigenvalue weighted by Gasteiger charge is -2.40. The molecule has 0 saturated heterocycles. The number of aliphatic carboxylic acids is 1. The Morgan fingerprint density at radius 3 is 2.96 bits per heavy atom. The third-order valence-corrected chi connectivity index (χ3v) is 5.97. The lowest BCUT2D eigenvalue weighted by molar-refractivity contribution is -0.141. The van der Waals surface area contributed by atoms with Crippen LogP contribution in [0.1, 0.15) is 48.9 Å². The van der Waals surface area contributed by atoms with Crippen LogP contribution in [0.3, 0.4) is 0 Å². The number of carbonyl (C=O) groups is 2. The van der Waals surface area contributed by atoms with Crippen LogP contribution in [-0.4, -0.2) is 32.6 Å². The first-order valence-corrected chi connectivity index (χ1v) is 8.61. The van der Waals surface area contributed by atoms with Crippen LogP contribution in [-0.2, 0) is 17.8 Å². The molecule has 1 aromatic heterocycles. The van der Waals surface area contributed by atoms with Gasteiger partial charge in [-0.3, -0.25) is 9.59 Å². The summed E-state index contributed by atoms with van der Waals surface area (Å²) in [7, 11) is 0. The van der Waals surface area contributed by atoms with Crippen LogP contribution >= 0.6 is 0 Å². The summed E-state index contributed by atoms with van der Waals surface area (Å²) in [5.41, 5.74) is 0.505. The number of aromatic nitrogens is 2. The van der Waals surface area contributed by atoms with Gasteiger partial charge in [-0.1, -0.05) is 6.92 Å². The largest absolute Gasteiger partial charge is 0.481 e. The number of carbonyl (C=O) groups excluding carboxylic acids is 1. The molecule has 5 atom stereocenters. The zero-order chi connectivity index (χ0) is 16.1.